The number of hydrogen-bond acceptors (Lipinski definition) is 8. The van der Waals surface area contributed by atoms with Crippen LogP contribution in [-0.4, -0.2) is 99.2 Å². The molecular formula is C13H23NO10. The first kappa shape index (κ1) is 24.2. The van der Waals surface area contributed by atoms with Crippen LogP contribution in [0.2, 0.25) is 0 Å². The van der Waals surface area contributed by atoms with Crippen molar-refractivity contribution in [3.05, 3.63) is 0 Å². The zero-order valence-corrected chi connectivity index (χ0v) is 13.8. The van der Waals surface area contributed by atoms with Crippen LogP contribution in [0.3, 0.4) is 0 Å². The Morgan fingerprint density at radius 1 is 1.00 bits per heavy atom. The molecular weight excluding hydrogens is 330 g/mol. The van der Waals surface area contributed by atoms with Crippen molar-refractivity contribution in [3.63, 3.8) is 0 Å². The average Bonchev–Trinajstić information content (AvgIpc) is 2.33. The highest BCUT2D eigenvalue weighted by Gasteiger charge is 2.38. The number of rotatable bonds is 8. The summed E-state index contributed by atoms with van der Waals surface area (Å²) in [6.07, 6.45) is -5.19. The lowest BCUT2D eigenvalue weighted by atomic mass is 9.94. The second-order valence-electron chi connectivity index (χ2n) is 6.15. The monoisotopic (exact) mass is 353 g/mol. The van der Waals surface area contributed by atoms with Gasteiger partial charge >= 0.3 is 11.9 Å². The van der Waals surface area contributed by atoms with E-state index >= 15 is 0 Å². The van der Waals surface area contributed by atoms with E-state index in [2.05, 4.69) is 0 Å². The van der Waals surface area contributed by atoms with E-state index in [4.69, 9.17) is 20.4 Å². The van der Waals surface area contributed by atoms with Crippen LogP contribution in [0.15, 0.2) is 0 Å². The second kappa shape index (κ2) is 9.27. The highest BCUT2D eigenvalue weighted by molar-refractivity contribution is 5.88. The number of aliphatic hydroxyl groups excluding tert-OH is 2. The number of quaternary nitrogens is 1. The maximum atomic E-state index is 11.1. The lowest BCUT2D eigenvalue weighted by molar-refractivity contribution is -0.875. The Bertz CT molecular complexity index is 466. The summed E-state index contributed by atoms with van der Waals surface area (Å²) in [6, 6.07) is 0. The normalized spacial score (nSPS) is 16.0. The predicted molar refractivity (Wildman–Crippen MR) is 75.4 cm³/mol. The number of carboxylic acids is 3. The van der Waals surface area contributed by atoms with Crippen molar-refractivity contribution in [2.45, 2.75) is 31.2 Å². The fourth-order valence-electron chi connectivity index (χ4n) is 1.59. The van der Waals surface area contributed by atoms with Gasteiger partial charge in [-0.1, -0.05) is 0 Å². The number of Topliss-reactive ketones (excluding diaryl/α,β-unsaturated/α-hetero) is 1. The molecule has 0 aromatic rings. The van der Waals surface area contributed by atoms with Crippen molar-refractivity contribution in [1.29, 1.82) is 0 Å². The Hall–Kier alpha value is -2.08. The minimum atomic E-state index is -2.27. The molecule has 0 amide bonds. The number of nitrogens with zero attached hydrogens (tertiary/aromatic N) is 1. The van der Waals surface area contributed by atoms with Crippen molar-refractivity contribution >= 4 is 23.7 Å². The quantitative estimate of drug-likeness (QED) is 0.269. The van der Waals surface area contributed by atoms with E-state index in [9.17, 15) is 29.4 Å². The average molecular weight is 353 g/mol. The van der Waals surface area contributed by atoms with Crippen LogP contribution in [0.25, 0.3) is 0 Å². The fraction of sp³-hybridized carbons (Fsp3) is 0.692. The fourth-order valence-corrected chi connectivity index (χ4v) is 1.59. The van der Waals surface area contributed by atoms with E-state index in [1.54, 1.807) is 21.1 Å². The van der Waals surface area contributed by atoms with Crippen LogP contribution in [-0.2, 0) is 19.2 Å². The van der Waals surface area contributed by atoms with Gasteiger partial charge in [-0.2, -0.15) is 0 Å². The summed E-state index contributed by atoms with van der Waals surface area (Å²) < 4.78 is 0.309. The van der Waals surface area contributed by atoms with Gasteiger partial charge in [-0.05, 0) is 6.92 Å². The highest BCUT2D eigenvalue weighted by Crippen LogP contribution is 2.15. The molecule has 0 rings (SSSR count). The van der Waals surface area contributed by atoms with E-state index in [1.165, 1.54) is 6.92 Å². The topological polar surface area (TPSA) is 192 Å². The third-order valence-electron chi connectivity index (χ3n) is 2.63. The van der Waals surface area contributed by atoms with E-state index in [-0.39, 0.29) is 6.54 Å². The molecule has 0 saturated heterocycles. The van der Waals surface area contributed by atoms with Gasteiger partial charge in [0.15, 0.2) is 23.6 Å². The SMILES string of the molecule is CC(=O)[C@@](O)(CC(=O)[O-])C[N+](C)(C)C.O=C(O)C(O)C(O)C(=O)O. The zero-order chi connectivity index (χ0) is 19.9. The molecule has 0 aromatic carbocycles. The lowest BCUT2D eigenvalue weighted by Crippen LogP contribution is -2.55. The molecule has 5 N–H and O–H groups in total. The Balaban J connectivity index is 0. The van der Waals surface area contributed by atoms with Gasteiger partial charge < -0.3 is 39.9 Å². The van der Waals surface area contributed by atoms with Crippen molar-refractivity contribution in [3.8, 4) is 0 Å². The Labute approximate surface area is 138 Å². The molecule has 0 spiro atoms. The molecule has 0 heterocycles. The first-order chi connectivity index (χ1) is 10.5. The van der Waals surface area contributed by atoms with Gasteiger partial charge in [0.05, 0.1) is 21.1 Å². The molecule has 0 aliphatic carbocycles. The van der Waals surface area contributed by atoms with Crippen LogP contribution in [0.5, 0.6) is 0 Å². The predicted octanol–water partition coefficient (Wildman–Crippen LogP) is -3.97. The molecule has 0 radical (unpaired) electrons. The van der Waals surface area contributed by atoms with E-state index in [1.807, 2.05) is 0 Å². The van der Waals surface area contributed by atoms with Gasteiger partial charge in [-0.3, -0.25) is 4.79 Å². The first-order valence-corrected chi connectivity index (χ1v) is 6.59. The molecule has 0 fully saturated rings. The third kappa shape index (κ3) is 9.84. The molecule has 0 aromatic heterocycles. The van der Waals surface area contributed by atoms with E-state index in [0.717, 1.165) is 0 Å². The highest BCUT2D eigenvalue weighted by atomic mass is 16.4. The lowest BCUT2D eigenvalue weighted by Gasteiger charge is -2.34. The summed E-state index contributed by atoms with van der Waals surface area (Å²) >= 11 is 0. The Morgan fingerprint density at radius 2 is 1.33 bits per heavy atom. The van der Waals surface area contributed by atoms with Gasteiger partial charge in [0.2, 0.25) is 0 Å². The zero-order valence-electron chi connectivity index (χ0n) is 13.8. The van der Waals surface area contributed by atoms with E-state index < -0.39 is 47.9 Å². The smallest absolute Gasteiger partial charge is 0.335 e. The number of carbonyl (C=O) groups excluding carboxylic acids is 2. The number of hydrogen-bond donors (Lipinski definition) is 5. The van der Waals surface area contributed by atoms with Crippen molar-refractivity contribution in [1.82, 2.24) is 0 Å². The minimum absolute atomic E-state index is 0.0519. The maximum absolute atomic E-state index is 11.1. The van der Waals surface area contributed by atoms with Crippen LogP contribution in [0, 0.1) is 0 Å². The summed E-state index contributed by atoms with van der Waals surface area (Å²) in [6.45, 7) is 1.23. The number of ketones is 1. The van der Waals surface area contributed by atoms with Gasteiger partial charge in [-0.15, -0.1) is 0 Å². The molecule has 11 nitrogen and oxygen atoms in total. The number of carbonyl (C=O) groups is 4. The molecule has 24 heavy (non-hydrogen) atoms. The summed E-state index contributed by atoms with van der Waals surface area (Å²) in [5.74, 6) is -5.50. The Kier molecular flexibility index (Phi) is 9.34. The molecule has 3 atom stereocenters. The third-order valence-corrected chi connectivity index (χ3v) is 2.63. The number of aliphatic carboxylic acids is 3. The summed E-state index contributed by atoms with van der Waals surface area (Å²) in [5.41, 5.74) is -1.82. The second-order valence-corrected chi connectivity index (χ2v) is 6.15. The molecule has 140 valence electrons. The number of aliphatic hydroxyl groups is 3. The first-order valence-electron chi connectivity index (χ1n) is 6.59. The standard InChI is InChI=1S/C9H17NO4.C4H6O6/c1-7(11)9(14,5-8(12)13)6-10(2,3)4;5-1(3(7)8)2(6)4(9)10/h14H,5-6H2,1-4H3;1-2,5-6H,(H,7,8)(H,9,10)/t9-;/m1./s1. The van der Waals surface area contributed by atoms with Crippen molar-refractivity contribution in [2.75, 3.05) is 27.7 Å². The molecule has 0 saturated carbocycles. The van der Waals surface area contributed by atoms with Crippen LogP contribution in [0.4, 0.5) is 0 Å². The maximum Gasteiger partial charge on any atom is 0.335 e. The largest absolute Gasteiger partial charge is 0.550 e. The Morgan fingerprint density at radius 3 is 1.50 bits per heavy atom. The molecule has 0 bridgehead atoms. The van der Waals surface area contributed by atoms with Gasteiger partial charge in [0.25, 0.3) is 0 Å². The molecule has 2 unspecified atom stereocenters. The molecule has 0 aliphatic rings. The van der Waals surface area contributed by atoms with Gasteiger partial charge in [-0.25, -0.2) is 9.59 Å². The number of likely N-dealkylation sites (N-methyl/N-ethyl adjacent to an activating group) is 1. The van der Waals surface area contributed by atoms with Crippen LogP contribution >= 0.6 is 0 Å². The van der Waals surface area contributed by atoms with Crippen molar-refractivity contribution in [2.24, 2.45) is 0 Å². The van der Waals surface area contributed by atoms with Crippen molar-refractivity contribution < 1.29 is 54.3 Å². The number of carboxylic acid groups (broad SMARTS) is 3. The van der Waals surface area contributed by atoms with Gasteiger partial charge in [0, 0.05) is 12.4 Å². The molecule has 0 aliphatic heterocycles. The van der Waals surface area contributed by atoms with Gasteiger partial charge in [0.1, 0.15) is 6.54 Å². The van der Waals surface area contributed by atoms with Crippen LogP contribution in [0.1, 0.15) is 13.3 Å². The summed E-state index contributed by atoms with van der Waals surface area (Å²) in [7, 11) is 5.30. The van der Waals surface area contributed by atoms with Crippen LogP contribution < -0.4 is 5.11 Å². The summed E-state index contributed by atoms with van der Waals surface area (Å²) in [5, 5.41) is 52.7. The molecule has 11 heteroatoms. The van der Waals surface area contributed by atoms with E-state index in [0.29, 0.717) is 4.48 Å². The summed E-state index contributed by atoms with van der Waals surface area (Å²) in [4.78, 5) is 41.0. The minimum Gasteiger partial charge on any atom is -0.550 e.